The number of ether oxygens (including phenoxy) is 1. The van der Waals surface area contributed by atoms with Crippen LogP contribution in [-0.2, 0) is 4.74 Å². The molecule has 1 fully saturated rings. The largest absolute Gasteiger partial charge is 0.394 e. The maximum atomic E-state index is 11.0. The normalized spacial score (nSPS) is 39.2. The van der Waals surface area contributed by atoms with Gasteiger partial charge in [0.15, 0.2) is 6.29 Å². The van der Waals surface area contributed by atoms with Gasteiger partial charge in [0.25, 0.3) is 0 Å². The van der Waals surface area contributed by atoms with E-state index in [1.54, 1.807) is 0 Å². The van der Waals surface area contributed by atoms with E-state index in [9.17, 15) is 20.1 Å². The van der Waals surface area contributed by atoms with Crippen LogP contribution in [0.15, 0.2) is 0 Å². The molecular formula is C8H16N2O6. The molecule has 0 spiro atoms. The van der Waals surface area contributed by atoms with E-state index >= 15 is 0 Å². The molecule has 1 aliphatic heterocycles. The molecule has 0 aliphatic carbocycles. The Morgan fingerprint density at radius 3 is 2.44 bits per heavy atom. The van der Waals surface area contributed by atoms with E-state index in [4.69, 9.17) is 9.84 Å². The number of carbonyl (C=O) groups excluding carboxylic acids is 1. The number of urea groups is 1. The lowest BCUT2D eigenvalue weighted by atomic mass is 9.97. The van der Waals surface area contributed by atoms with Crippen molar-refractivity contribution in [3.8, 4) is 0 Å². The minimum Gasteiger partial charge on any atom is -0.394 e. The highest BCUT2D eigenvalue weighted by Gasteiger charge is 2.44. The Kier molecular flexibility index (Phi) is 4.44. The fourth-order valence-corrected chi connectivity index (χ4v) is 1.48. The van der Waals surface area contributed by atoms with Gasteiger partial charge in [-0.15, -0.1) is 0 Å². The van der Waals surface area contributed by atoms with Gasteiger partial charge in [0.05, 0.1) is 6.61 Å². The summed E-state index contributed by atoms with van der Waals surface area (Å²) in [5, 5.41) is 41.8. The summed E-state index contributed by atoms with van der Waals surface area (Å²) in [4.78, 5) is 11.0. The number of hydrogen-bond donors (Lipinski definition) is 6. The third-order valence-electron chi connectivity index (χ3n) is 2.42. The molecule has 0 aromatic heterocycles. The van der Waals surface area contributed by atoms with Crippen LogP contribution in [-0.4, -0.2) is 70.8 Å². The van der Waals surface area contributed by atoms with Crippen molar-refractivity contribution in [2.45, 2.75) is 30.6 Å². The van der Waals surface area contributed by atoms with E-state index in [-0.39, 0.29) is 0 Å². The van der Waals surface area contributed by atoms with E-state index in [1.807, 2.05) is 0 Å². The Labute approximate surface area is 91.8 Å². The predicted molar refractivity (Wildman–Crippen MR) is 51.4 cm³/mol. The third-order valence-corrected chi connectivity index (χ3v) is 2.42. The van der Waals surface area contributed by atoms with E-state index in [0.717, 1.165) is 0 Å². The summed E-state index contributed by atoms with van der Waals surface area (Å²) in [7, 11) is 1.37. The molecule has 0 aromatic carbocycles. The van der Waals surface area contributed by atoms with Crippen molar-refractivity contribution in [3.63, 3.8) is 0 Å². The Hall–Kier alpha value is -0.930. The standard InChI is InChI=1S/C8H16N2O6/c1-9-8(15)10-4-6(13)5(12)3(2-11)16-7(4)14/h3-7,11-14H,2H2,1H3,(H2,9,10,15)/t3-,4+,5-,6-,7-/m1/s1. The second kappa shape index (κ2) is 5.41. The predicted octanol–water partition coefficient (Wildman–Crippen LogP) is -3.28. The second-order valence-corrected chi connectivity index (χ2v) is 3.48. The van der Waals surface area contributed by atoms with Gasteiger partial charge < -0.3 is 35.8 Å². The molecule has 94 valence electrons. The van der Waals surface area contributed by atoms with Gasteiger partial charge in [-0.25, -0.2) is 4.79 Å². The van der Waals surface area contributed by atoms with Crippen molar-refractivity contribution < 1.29 is 30.0 Å². The zero-order chi connectivity index (χ0) is 12.3. The quantitative estimate of drug-likeness (QED) is 0.298. The van der Waals surface area contributed by atoms with Crippen LogP contribution < -0.4 is 10.6 Å². The maximum absolute atomic E-state index is 11.0. The molecule has 0 saturated carbocycles. The SMILES string of the molecule is CNC(=O)N[C@H]1[C@@H](O)[C@H](O)[C@@H](CO)O[C@H]1O. The zero-order valence-corrected chi connectivity index (χ0v) is 8.70. The van der Waals surface area contributed by atoms with Gasteiger partial charge in [0.1, 0.15) is 24.4 Å². The summed E-state index contributed by atoms with van der Waals surface area (Å²) in [6.45, 7) is -0.540. The minimum absolute atomic E-state index is 0.540. The molecule has 8 nitrogen and oxygen atoms in total. The van der Waals surface area contributed by atoms with E-state index in [2.05, 4.69) is 10.6 Å². The fraction of sp³-hybridized carbons (Fsp3) is 0.875. The zero-order valence-electron chi connectivity index (χ0n) is 8.70. The van der Waals surface area contributed by atoms with Crippen LogP contribution in [0.2, 0.25) is 0 Å². The molecular weight excluding hydrogens is 220 g/mol. The van der Waals surface area contributed by atoms with Crippen LogP contribution in [0, 0.1) is 0 Å². The lowest BCUT2D eigenvalue weighted by molar-refractivity contribution is -0.252. The number of nitrogens with one attached hydrogen (secondary N) is 2. The molecule has 1 aliphatic rings. The molecule has 6 N–H and O–H groups in total. The van der Waals surface area contributed by atoms with E-state index < -0.39 is 43.3 Å². The number of hydrogen-bond acceptors (Lipinski definition) is 6. The lowest BCUT2D eigenvalue weighted by Crippen LogP contribution is -2.64. The summed E-state index contributed by atoms with van der Waals surface area (Å²) in [5.74, 6) is 0. The van der Waals surface area contributed by atoms with Crippen LogP contribution in [0.25, 0.3) is 0 Å². The Morgan fingerprint density at radius 1 is 1.31 bits per heavy atom. The average Bonchev–Trinajstić information content (AvgIpc) is 2.28. The highest BCUT2D eigenvalue weighted by atomic mass is 16.6. The molecule has 0 bridgehead atoms. The van der Waals surface area contributed by atoms with Gasteiger partial charge in [-0.1, -0.05) is 0 Å². The highest BCUT2D eigenvalue weighted by molar-refractivity contribution is 5.73. The highest BCUT2D eigenvalue weighted by Crippen LogP contribution is 2.19. The molecule has 0 aromatic rings. The molecule has 2 amide bonds. The Bertz CT molecular complexity index is 251. The first-order valence-electron chi connectivity index (χ1n) is 4.80. The van der Waals surface area contributed by atoms with Crippen LogP contribution in [0.3, 0.4) is 0 Å². The summed E-state index contributed by atoms with van der Waals surface area (Å²) in [5.41, 5.74) is 0. The third kappa shape index (κ3) is 2.60. The van der Waals surface area contributed by atoms with Crippen LogP contribution in [0.4, 0.5) is 4.79 Å². The monoisotopic (exact) mass is 236 g/mol. The molecule has 5 atom stereocenters. The Balaban J connectivity index is 2.67. The Morgan fingerprint density at radius 2 is 1.94 bits per heavy atom. The number of rotatable bonds is 2. The van der Waals surface area contributed by atoms with E-state index in [1.165, 1.54) is 7.05 Å². The van der Waals surface area contributed by atoms with Crippen molar-refractivity contribution >= 4 is 6.03 Å². The molecule has 0 radical (unpaired) electrons. The van der Waals surface area contributed by atoms with Crippen molar-refractivity contribution in [2.24, 2.45) is 0 Å². The second-order valence-electron chi connectivity index (χ2n) is 3.48. The summed E-state index contributed by atoms with van der Waals surface area (Å²) in [6.07, 6.45) is -5.37. The molecule has 1 rings (SSSR count). The van der Waals surface area contributed by atoms with Crippen LogP contribution in [0.1, 0.15) is 0 Å². The summed E-state index contributed by atoms with van der Waals surface area (Å²) >= 11 is 0. The van der Waals surface area contributed by atoms with Crippen LogP contribution in [0.5, 0.6) is 0 Å². The minimum atomic E-state index is -1.49. The number of aliphatic hydroxyl groups is 4. The van der Waals surface area contributed by atoms with Gasteiger partial charge >= 0.3 is 6.03 Å². The van der Waals surface area contributed by atoms with E-state index in [0.29, 0.717) is 0 Å². The molecule has 0 unspecified atom stereocenters. The van der Waals surface area contributed by atoms with Gasteiger partial charge in [0.2, 0.25) is 0 Å². The molecule has 1 heterocycles. The molecule has 16 heavy (non-hydrogen) atoms. The van der Waals surface area contributed by atoms with Crippen molar-refractivity contribution in [2.75, 3.05) is 13.7 Å². The van der Waals surface area contributed by atoms with Crippen molar-refractivity contribution in [3.05, 3.63) is 0 Å². The smallest absolute Gasteiger partial charge is 0.315 e. The first-order chi connectivity index (χ1) is 7.51. The van der Waals surface area contributed by atoms with Crippen LogP contribution >= 0.6 is 0 Å². The number of amides is 2. The maximum Gasteiger partial charge on any atom is 0.315 e. The van der Waals surface area contributed by atoms with Gasteiger partial charge in [-0.2, -0.15) is 0 Å². The van der Waals surface area contributed by atoms with Crippen molar-refractivity contribution in [1.82, 2.24) is 10.6 Å². The molecule has 1 saturated heterocycles. The molecule has 8 heteroatoms. The number of aliphatic hydroxyl groups excluding tert-OH is 4. The van der Waals surface area contributed by atoms with Crippen molar-refractivity contribution in [1.29, 1.82) is 0 Å². The van der Waals surface area contributed by atoms with Gasteiger partial charge in [-0.3, -0.25) is 0 Å². The first kappa shape index (κ1) is 13.1. The lowest BCUT2D eigenvalue weighted by Gasteiger charge is -2.40. The first-order valence-corrected chi connectivity index (χ1v) is 4.80. The van der Waals surface area contributed by atoms with Gasteiger partial charge in [-0.05, 0) is 0 Å². The number of carbonyl (C=O) groups is 1. The summed E-state index contributed by atoms with van der Waals surface area (Å²) < 4.78 is 4.83. The fourth-order valence-electron chi connectivity index (χ4n) is 1.48. The average molecular weight is 236 g/mol. The summed E-state index contributed by atoms with van der Waals surface area (Å²) in [6, 6.07) is -1.78. The van der Waals surface area contributed by atoms with Gasteiger partial charge in [0, 0.05) is 7.05 Å². The topological polar surface area (TPSA) is 131 Å².